The second-order valence-electron chi connectivity index (χ2n) is 6.94. The van der Waals surface area contributed by atoms with E-state index in [1.807, 2.05) is 36.4 Å². The third-order valence-electron chi connectivity index (χ3n) is 4.82. The quantitative estimate of drug-likeness (QED) is 0.361. The van der Waals surface area contributed by atoms with E-state index in [0.717, 1.165) is 44.5 Å². The highest BCUT2D eigenvalue weighted by Gasteiger charge is 2.30. The average Bonchev–Trinajstić information content (AvgIpc) is 3.14. The summed E-state index contributed by atoms with van der Waals surface area (Å²) in [7, 11) is 1.67. The van der Waals surface area contributed by atoms with Gasteiger partial charge in [0.25, 0.3) is 0 Å². The predicted octanol–water partition coefficient (Wildman–Crippen LogP) is 5.22. The van der Waals surface area contributed by atoms with Crippen LogP contribution in [0.5, 0.6) is 5.75 Å². The zero-order valence-corrected chi connectivity index (χ0v) is 17.6. The minimum atomic E-state index is 0.535. The number of furan rings is 1. The minimum absolute atomic E-state index is 0.535. The van der Waals surface area contributed by atoms with Gasteiger partial charge >= 0.3 is 0 Å². The molecule has 0 spiro atoms. The molecule has 1 aliphatic rings. The van der Waals surface area contributed by atoms with Crippen molar-refractivity contribution in [2.45, 2.75) is 36.2 Å². The van der Waals surface area contributed by atoms with Crippen molar-refractivity contribution in [3.63, 3.8) is 0 Å². The van der Waals surface area contributed by atoms with Crippen LogP contribution in [0.1, 0.15) is 36.0 Å². The van der Waals surface area contributed by atoms with Crippen LogP contribution >= 0.6 is 23.1 Å². The average molecular weight is 425 g/mol. The van der Waals surface area contributed by atoms with Crippen molar-refractivity contribution in [2.75, 3.05) is 7.11 Å². The Kier molecular flexibility index (Phi) is 5.12. The Balaban J connectivity index is 1.31. The lowest BCUT2D eigenvalue weighted by Gasteiger charge is -2.07. The van der Waals surface area contributed by atoms with Crippen molar-refractivity contribution in [2.24, 2.45) is 0 Å². The van der Waals surface area contributed by atoms with E-state index < -0.39 is 0 Å². The van der Waals surface area contributed by atoms with E-state index in [0.29, 0.717) is 12.5 Å². The maximum Gasteiger partial charge on any atom is 0.192 e. The molecule has 3 aromatic heterocycles. The molecule has 4 aromatic rings. The first-order valence-electron chi connectivity index (χ1n) is 9.47. The van der Waals surface area contributed by atoms with E-state index in [-0.39, 0.29) is 0 Å². The van der Waals surface area contributed by atoms with Crippen molar-refractivity contribution in [1.29, 1.82) is 0 Å². The van der Waals surface area contributed by atoms with E-state index in [9.17, 15) is 0 Å². The maximum absolute atomic E-state index is 5.54. The van der Waals surface area contributed by atoms with Gasteiger partial charge in [-0.25, -0.2) is 4.98 Å². The Labute approximate surface area is 177 Å². The summed E-state index contributed by atoms with van der Waals surface area (Å²) in [6.07, 6.45) is 4.09. The van der Waals surface area contributed by atoms with E-state index in [1.165, 1.54) is 12.8 Å². The number of hydrogen-bond donors (Lipinski definition) is 0. The number of hydrogen-bond acceptors (Lipinski definition) is 7. The number of aromatic nitrogens is 4. The van der Waals surface area contributed by atoms with Crippen LogP contribution in [-0.2, 0) is 12.3 Å². The first-order chi connectivity index (χ1) is 14.3. The molecule has 1 saturated carbocycles. The van der Waals surface area contributed by atoms with Crippen LogP contribution in [0.15, 0.2) is 57.6 Å². The molecule has 5 rings (SSSR count). The largest absolute Gasteiger partial charge is 0.497 e. The van der Waals surface area contributed by atoms with Gasteiger partial charge in [0, 0.05) is 22.6 Å². The van der Waals surface area contributed by atoms with Gasteiger partial charge in [0.2, 0.25) is 0 Å². The summed E-state index contributed by atoms with van der Waals surface area (Å²) in [6.45, 7) is 0.669. The molecule has 8 heteroatoms. The van der Waals surface area contributed by atoms with Gasteiger partial charge < -0.3 is 9.15 Å². The van der Waals surface area contributed by atoms with Crippen molar-refractivity contribution < 1.29 is 9.15 Å². The summed E-state index contributed by atoms with van der Waals surface area (Å²) < 4.78 is 13.0. The molecular formula is C21H20N4O2S2. The van der Waals surface area contributed by atoms with Crippen LogP contribution < -0.4 is 4.74 Å². The minimum Gasteiger partial charge on any atom is -0.497 e. The van der Waals surface area contributed by atoms with Crippen molar-refractivity contribution >= 4 is 23.1 Å². The summed E-state index contributed by atoms with van der Waals surface area (Å²) in [5.41, 5.74) is 2.15. The topological polar surface area (TPSA) is 66.0 Å². The van der Waals surface area contributed by atoms with E-state index >= 15 is 0 Å². The molecule has 0 saturated heterocycles. The number of benzene rings is 1. The Morgan fingerprint density at radius 2 is 2.07 bits per heavy atom. The number of rotatable bonds is 8. The van der Waals surface area contributed by atoms with Gasteiger partial charge in [-0.2, -0.15) is 0 Å². The van der Waals surface area contributed by atoms with Crippen LogP contribution in [0.4, 0.5) is 0 Å². The van der Waals surface area contributed by atoms with E-state index in [2.05, 4.69) is 20.1 Å². The molecule has 0 unspecified atom stereocenters. The SMILES string of the molecule is COc1ccc(-c2nc(CSc3nnc(C4CC4)n3Cc3ccco3)cs2)cc1. The second kappa shape index (κ2) is 8.04. The lowest BCUT2D eigenvalue weighted by molar-refractivity contribution is 0.415. The monoisotopic (exact) mass is 424 g/mol. The molecule has 1 aliphatic carbocycles. The standard InChI is InChI=1S/C21H20N4O2S2/c1-26-17-8-6-15(7-9-17)20-22-16(12-28-20)13-29-21-24-23-19(14-4-5-14)25(21)11-18-3-2-10-27-18/h2-3,6-10,12,14H,4-5,11,13H2,1H3. The number of thiazole rings is 1. The Morgan fingerprint density at radius 1 is 1.21 bits per heavy atom. The zero-order valence-electron chi connectivity index (χ0n) is 15.9. The molecular weight excluding hydrogens is 404 g/mol. The fraction of sp³-hybridized carbons (Fsp3) is 0.286. The van der Waals surface area contributed by atoms with Crippen LogP contribution in [-0.4, -0.2) is 26.9 Å². The number of nitrogens with zero attached hydrogens (tertiary/aromatic N) is 4. The molecule has 0 amide bonds. The fourth-order valence-electron chi connectivity index (χ4n) is 3.14. The van der Waals surface area contributed by atoms with Crippen molar-refractivity contribution in [3.05, 3.63) is 65.3 Å². The molecule has 3 heterocycles. The molecule has 29 heavy (non-hydrogen) atoms. The van der Waals surface area contributed by atoms with Gasteiger partial charge in [0.1, 0.15) is 22.3 Å². The maximum atomic E-state index is 5.54. The van der Waals surface area contributed by atoms with Crippen LogP contribution in [0, 0.1) is 0 Å². The molecule has 1 fully saturated rings. The Hall–Kier alpha value is -2.58. The van der Waals surface area contributed by atoms with Crippen molar-refractivity contribution in [3.8, 4) is 16.3 Å². The summed E-state index contributed by atoms with van der Waals surface area (Å²) in [6, 6.07) is 11.9. The molecule has 1 aromatic carbocycles. The second-order valence-corrected chi connectivity index (χ2v) is 8.74. The predicted molar refractivity (Wildman–Crippen MR) is 113 cm³/mol. The number of thioether (sulfide) groups is 1. The molecule has 6 nitrogen and oxygen atoms in total. The van der Waals surface area contributed by atoms with Crippen LogP contribution in [0.2, 0.25) is 0 Å². The lowest BCUT2D eigenvalue weighted by Crippen LogP contribution is -2.05. The molecule has 0 radical (unpaired) electrons. The molecule has 0 aliphatic heterocycles. The highest BCUT2D eigenvalue weighted by atomic mass is 32.2. The summed E-state index contributed by atoms with van der Waals surface area (Å²) >= 11 is 3.33. The highest BCUT2D eigenvalue weighted by Crippen LogP contribution is 2.40. The number of methoxy groups -OCH3 is 1. The zero-order chi connectivity index (χ0) is 19.6. The van der Waals surface area contributed by atoms with Crippen LogP contribution in [0.3, 0.4) is 0 Å². The van der Waals surface area contributed by atoms with Gasteiger partial charge in [0.05, 0.1) is 25.6 Å². The normalized spacial score (nSPS) is 13.7. The molecule has 148 valence electrons. The summed E-state index contributed by atoms with van der Waals surface area (Å²) in [5, 5.41) is 13.0. The lowest BCUT2D eigenvalue weighted by atomic mass is 10.2. The summed E-state index contributed by atoms with van der Waals surface area (Å²) in [4.78, 5) is 4.79. The van der Waals surface area contributed by atoms with Gasteiger partial charge in [0.15, 0.2) is 5.16 Å². The first kappa shape index (κ1) is 18.4. The fourth-order valence-corrected chi connectivity index (χ4v) is 4.90. The van der Waals surface area contributed by atoms with Gasteiger partial charge in [-0.05, 0) is 49.2 Å². The highest BCUT2D eigenvalue weighted by molar-refractivity contribution is 7.98. The van der Waals surface area contributed by atoms with Crippen molar-refractivity contribution in [1.82, 2.24) is 19.7 Å². The molecule has 0 bridgehead atoms. The smallest absolute Gasteiger partial charge is 0.192 e. The third kappa shape index (κ3) is 4.09. The van der Waals surface area contributed by atoms with E-state index in [1.54, 1.807) is 36.5 Å². The Bertz CT molecular complexity index is 1080. The third-order valence-corrected chi connectivity index (χ3v) is 6.76. The van der Waals surface area contributed by atoms with Gasteiger partial charge in [-0.15, -0.1) is 21.5 Å². The van der Waals surface area contributed by atoms with Crippen LogP contribution in [0.25, 0.3) is 10.6 Å². The van der Waals surface area contributed by atoms with Gasteiger partial charge in [-0.1, -0.05) is 11.8 Å². The Morgan fingerprint density at radius 3 is 2.79 bits per heavy atom. The first-order valence-corrected chi connectivity index (χ1v) is 11.3. The van der Waals surface area contributed by atoms with Gasteiger partial charge in [-0.3, -0.25) is 4.57 Å². The molecule has 0 atom stereocenters. The number of ether oxygens (including phenoxy) is 1. The summed E-state index contributed by atoms with van der Waals surface area (Å²) in [5.74, 6) is 4.13. The van der Waals surface area contributed by atoms with E-state index in [4.69, 9.17) is 14.1 Å². The molecule has 0 N–H and O–H groups in total.